The summed E-state index contributed by atoms with van der Waals surface area (Å²) in [6, 6.07) is 23.3. The smallest absolute Gasteiger partial charge is 0.180 e. The van der Waals surface area contributed by atoms with E-state index >= 15 is 0 Å². The molecule has 0 atom stereocenters. The summed E-state index contributed by atoms with van der Waals surface area (Å²) in [5.41, 5.74) is 8.91. The van der Waals surface area contributed by atoms with Crippen LogP contribution < -0.4 is 19.9 Å². The van der Waals surface area contributed by atoms with Crippen molar-refractivity contribution in [2.75, 3.05) is 14.2 Å². The molecular weight excluding hydrogens is 410 g/mol. The maximum Gasteiger partial charge on any atom is 0.180 e. The van der Waals surface area contributed by atoms with E-state index in [1.165, 1.54) is 17.3 Å². The molecule has 0 radical (unpaired) electrons. The number of amidine groups is 1. The SMILES string of the molecule is COc1ccc(OCc2cc(C=NN=C(N)SCc3ccccc3)ccc2OC)cc1. The van der Waals surface area contributed by atoms with Crippen LogP contribution >= 0.6 is 11.8 Å². The van der Waals surface area contributed by atoms with Crippen LogP contribution in [0.3, 0.4) is 0 Å². The maximum atomic E-state index is 5.94. The van der Waals surface area contributed by atoms with Gasteiger partial charge in [0.1, 0.15) is 23.9 Å². The third-order valence-electron chi connectivity index (χ3n) is 4.35. The normalized spacial score (nSPS) is 11.5. The van der Waals surface area contributed by atoms with Crippen LogP contribution in [0.15, 0.2) is 83.0 Å². The van der Waals surface area contributed by atoms with Crippen LogP contribution in [0.2, 0.25) is 0 Å². The second-order valence-electron chi connectivity index (χ2n) is 6.49. The van der Waals surface area contributed by atoms with E-state index < -0.39 is 0 Å². The molecule has 31 heavy (non-hydrogen) atoms. The number of thioether (sulfide) groups is 1. The molecule has 3 aromatic rings. The lowest BCUT2D eigenvalue weighted by atomic mass is 10.1. The van der Waals surface area contributed by atoms with E-state index in [1.54, 1.807) is 20.4 Å². The molecule has 0 aliphatic heterocycles. The number of hydrogen-bond donors (Lipinski definition) is 1. The van der Waals surface area contributed by atoms with Crippen molar-refractivity contribution in [3.8, 4) is 17.2 Å². The summed E-state index contributed by atoms with van der Waals surface area (Å²) in [7, 11) is 3.27. The minimum absolute atomic E-state index is 0.357. The van der Waals surface area contributed by atoms with Gasteiger partial charge >= 0.3 is 0 Å². The van der Waals surface area contributed by atoms with Gasteiger partial charge in [-0.05, 0) is 53.6 Å². The highest BCUT2D eigenvalue weighted by molar-refractivity contribution is 8.13. The third-order valence-corrected chi connectivity index (χ3v) is 5.21. The van der Waals surface area contributed by atoms with Crippen molar-refractivity contribution in [3.05, 3.63) is 89.5 Å². The number of ether oxygens (including phenoxy) is 3. The standard InChI is InChI=1S/C24H25N3O3S/c1-28-21-9-11-22(12-10-21)30-16-20-14-19(8-13-23(20)29-2)15-26-27-24(25)31-17-18-6-4-3-5-7-18/h3-15H,16-17H2,1-2H3,(H2,25,27). The molecule has 6 nitrogen and oxygen atoms in total. The molecule has 0 aromatic heterocycles. The first-order valence-corrected chi connectivity index (χ1v) is 10.6. The Kier molecular flexibility index (Phi) is 8.37. The monoisotopic (exact) mass is 435 g/mol. The van der Waals surface area contributed by atoms with Gasteiger partial charge in [0.15, 0.2) is 5.17 Å². The minimum Gasteiger partial charge on any atom is -0.497 e. The predicted octanol–water partition coefficient (Wildman–Crippen LogP) is 4.86. The zero-order valence-electron chi connectivity index (χ0n) is 17.5. The number of benzene rings is 3. The molecule has 2 N–H and O–H groups in total. The topological polar surface area (TPSA) is 78.4 Å². The van der Waals surface area contributed by atoms with Crippen LogP contribution in [0.25, 0.3) is 0 Å². The summed E-state index contributed by atoms with van der Waals surface area (Å²) in [6.45, 7) is 0.357. The van der Waals surface area contributed by atoms with Gasteiger partial charge in [-0.15, -0.1) is 5.10 Å². The molecule has 160 valence electrons. The first kappa shape index (κ1) is 22.2. The molecule has 0 bridgehead atoms. The van der Waals surface area contributed by atoms with E-state index in [2.05, 4.69) is 22.3 Å². The van der Waals surface area contributed by atoms with Crippen LogP contribution in [-0.2, 0) is 12.4 Å². The fraction of sp³-hybridized carbons (Fsp3) is 0.167. The quantitative estimate of drug-likeness (QED) is 0.295. The first-order valence-electron chi connectivity index (χ1n) is 9.65. The van der Waals surface area contributed by atoms with Gasteiger partial charge < -0.3 is 19.9 Å². The van der Waals surface area contributed by atoms with Crippen LogP contribution in [0, 0.1) is 0 Å². The Morgan fingerprint density at radius 1 is 0.935 bits per heavy atom. The molecule has 0 aliphatic carbocycles. The van der Waals surface area contributed by atoms with Gasteiger partial charge in [0.2, 0.25) is 0 Å². The Bertz CT molecular complexity index is 1020. The summed E-state index contributed by atoms with van der Waals surface area (Å²) in [4.78, 5) is 0. The van der Waals surface area contributed by atoms with Gasteiger partial charge in [0.25, 0.3) is 0 Å². The fourth-order valence-electron chi connectivity index (χ4n) is 2.74. The number of methoxy groups -OCH3 is 2. The van der Waals surface area contributed by atoms with Gasteiger partial charge in [0.05, 0.1) is 20.4 Å². The average Bonchev–Trinajstić information content (AvgIpc) is 2.82. The molecule has 0 fully saturated rings. The summed E-state index contributed by atoms with van der Waals surface area (Å²) in [6.07, 6.45) is 1.66. The molecule has 0 saturated heterocycles. The Labute approximate surface area is 186 Å². The lowest BCUT2D eigenvalue weighted by molar-refractivity contribution is 0.296. The number of hydrogen-bond acceptors (Lipinski definition) is 6. The molecule has 0 aliphatic rings. The first-order chi connectivity index (χ1) is 15.2. The van der Waals surface area contributed by atoms with Gasteiger partial charge in [-0.3, -0.25) is 0 Å². The summed E-state index contributed by atoms with van der Waals surface area (Å²) in [5, 5.41) is 8.59. The molecule has 0 spiro atoms. The maximum absolute atomic E-state index is 5.94. The van der Waals surface area contributed by atoms with Crippen molar-refractivity contribution in [2.24, 2.45) is 15.9 Å². The average molecular weight is 436 g/mol. The van der Waals surface area contributed by atoms with E-state index in [0.29, 0.717) is 11.8 Å². The molecule has 7 heteroatoms. The second-order valence-corrected chi connectivity index (χ2v) is 7.49. The van der Waals surface area contributed by atoms with E-state index in [1.807, 2.05) is 60.7 Å². The van der Waals surface area contributed by atoms with Crippen LogP contribution in [0.1, 0.15) is 16.7 Å². The van der Waals surface area contributed by atoms with Gasteiger partial charge in [-0.25, -0.2) is 0 Å². The summed E-state index contributed by atoms with van der Waals surface area (Å²) in [5.74, 6) is 3.02. The minimum atomic E-state index is 0.357. The summed E-state index contributed by atoms with van der Waals surface area (Å²) < 4.78 is 16.5. The highest BCUT2D eigenvalue weighted by Crippen LogP contribution is 2.23. The van der Waals surface area contributed by atoms with E-state index in [-0.39, 0.29) is 0 Å². The molecule has 3 rings (SSSR count). The van der Waals surface area contributed by atoms with E-state index in [9.17, 15) is 0 Å². The Hall–Kier alpha value is -3.45. The predicted molar refractivity (Wildman–Crippen MR) is 127 cm³/mol. The second kappa shape index (κ2) is 11.7. The van der Waals surface area contributed by atoms with Crippen molar-refractivity contribution < 1.29 is 14.2 Å². The van der Waals surface area contributed by atoms with Crippen LogP contribution in [-0.4, -0.2) is 25.6 Å². The van der Waals surface area contributed by atoms with E-state index in [4.69, 9.17) is 19.9 Å². The van der Waals surface area contributed by atoms with Crippen LogP contribution in [0.5, 0.6) is 17.2 Å². The lowest BCUT2D eigenvalue weighted by Gasteiger charge is -2.11. The Morgan fingerprint density at radius 3 is 2.39 bits per heavy atom. The molecule has 0 amide bonds. The number of rotatable bonds is 9. The number of nitrogens with zero attached hydrogens (tertiary/aromatic N) is 2. The summed E-state index contributed by atoms with van der Waals surface area (Å²) >= 11 is 1.45. The number of nitrogens with two attached hydrogens (primary N) is 1. The molecule has 0 heterocycles. The molecular formula is C24H25N3O3S. The fourth-order valence-corrected chi connectivity index (χ4v) is 3.35. The zero-order valence-corrected chi connectivity index (χ0v) is 18.3. The van der Waals surface area contributed by atoms with Gasteiger partial charge in [-0.1, -0.05) is 42.1 Å². The third kappa shape index (κ3) is 7.08. The molecule has 3 aromatic carbocycles. The van der Waals surface area contributed by atoms with Gasteiger partial charge in [0, 0.05) is 11.3 Å². The van der Waals surface area contributed by atoms with Gasteiger partial charge in [-0.2, -0.15) is 5.10 Å². The largest absolute Gasteiger partial charge is 0.497 e. The molecule has 0 saturated carbocycles. The highest BCUT2D eigenvalue weighted by Gasteiger charge is 2.06. The van der Waals surface area contributed by atoms with Crippen molar-refractivity contribution in [1.29, 1.82) is 0 Å². The van der Waals surface area contributed by atoms with Crippen molar-refractivity contribution in [2.45, 2.75) is 12.4 Å². The van der Waals surface area contributed by atoms with Crippen molar-refractivity contribution in [1.82, 2.24) is 0 Å². The van der Waals surface area contributed by atoms with Crippen molar-refractivity contribution >= 4 is 23.1 Å². The van der Waals surface area contributed by atoms with Crippen LogP contribution in [0.4, 0.5) is 0 Å². The zero-order chi connectivity index (χ0) is 21.9. The van der Waals surface area contributed by atoms with E-state index in [0.717, 1.165) is 34.1 Å². The van der Waals surface area contributed by atoms with Crippen molar-refractivity contribution in [3.63, 3.8) is 0 Å². The Balaban J connectivity index is 1.60. The highest BCUT2D eigenvalue weighted by atomic mass is 32.2. The Morgan fingerprint density at radius 2 is 1.68 bits per heavy atom. The molecule has 0 unspecified atom stereocenters. The lowest BCUT2D eigenvalue weighted by Crippen LogP contribution is -2.06.